The molecule has 2 amide bonds. The molecule has 0 bridgehead atoms. The van der Waals surface area contributed by atoms with E-state index in [0.717, 1.165) is 18.6 Å². The first kappa shape index (κ1) is 29.2. The average molecular weight is 528 g/mol. The first-order chi connectivity index (χ1) is 15.6. The third kappa shape index (κ3) is 11.4. The Balaban J connectivity index is 3.03. The van der Waals surface area contributed by atoms with Crippen molar-refractivity contribution in [3.05, 3.63) is 29.6 Å². The standard InChI is InChI=1S/C18H26FN3O10S2/c1-33(27,28)31-9-7-22(8-10-32-34(2,29)30)15-5-3-12(11-13(15)19)17(24)21-14(18(25)26)4-6-16(20)23/h3,5,11,14H,4,6-10H2,1-2H3,(H2,20,23)(H,21,24)(H,25,26)/t14-/m0/s1. The monoisotopic (exact) mass is 527 g/mol. The average Bonchev–Trinajstić information content (AvgIpc) is 2.67. The maximum absolute atomic E-state index is 14.8. The van der Waals surface area contributed by atoms with Crippen molar-refractivity contribution in [2.45, 2.75) is 18.9 Å². The molecule has 0 heterocycles. The molecular formula is C18H26FN3O10S2. The van der Waals surface area contributed by atoms with E-state index < -0.39 is 49.9 Å². The molecule has 0 spiro atoms. The lowest BCUT2D eigenvalue weighted by molar-refractivity contribution is -0.139. The zero-order valence-electron chi connectivity index (χ0n) is 18.4. The fourth-order valence-electron chi connectivity index (χ4n) is 2.64. The number of aliphatic carboxylic acids is 1. The van der Waals surface area contributed by atoms with E-state index in [1.807, 2.05) is 0 Å². The third-order valence-corrected chi connectivity index (χ3v) is 5.34. The van der Waals surface area contributed by atoms with E-state index in [1.54, 1.807) is 0 Å². The molecular weight excluding hydrogens is 501 g/mol. The van der Waals surface area contributed by atoms with Gasteiger partial charge in [-0.05, 0) is 24.6 Å². The molecule has 0 unspecified atom stereocenters. The van der Waals surface area contributed by atoms with E-state index in [0.29, 0.717) is 0 Å². The maximum atomic E-state index is 14.8. The Bertz CT molecular complexity index is 1070. The quantitative estimate of drug-likeness (QED) is 0.237. The Kier molecular flexibility index (Phi) is 10.8. The van der Waals surface area contributed by atoms with Crippen LogP contribution in [0.4, 0.5) is 10.1 Å². The van der Waals surface area contributed by atoms with Gasteiger partial charge in [0.05, 0.1) is 31.4 Å². The van der Waals surface area contributed by atoms with Crippen molar-refractivity contribution < 1.29 is 49.1 Å². The Morgan fingerprint density at radius 2 is 1.62 bits per heavy atom. The minimum absolute atomic E-state index is 0.116. The summed E-state index contributed by atoms with van der Waals surface area (Å²) in [6.07, 6.45) is 1.11. The summed E-state index contributed by atoms with van der Waals surface area (Å²) >= 11 is 0. The van der Waals surface area contributed by atoms with E-state index in [1.165, 1.54) is 17.0 Å². The lowest BCUT2D eigenvalue weighted by atomic mass is 10.1. The number of nitrogens with two attached hydrogens (primary N) is 1. The number of hydrogen-bond donors (Lipinski definition) is 3. The number of carboxylic acid groups (broad SMARTS) is 1. The molecule has 34 heavy (non-hydrogen) atoms. The Morgan fingerprint density at radius 3 is 2.03 bits per heavy atom. The zero-order valence-corrected chi connectivity index (χ0v) is 20.0. The van der Waals surface area contributed by atoms with E-state index in [4.69, 9.17) is 5.73 Å². The van der Waals surface area contributed by atoms with Gasteiger partial charge in [0, 0.05) is 25.1 Å². The predicted molar refractivity (Wildman–Crippen MR) is 118 cm³/mol. The highest BCUT2D eigenvalue weighted by molar-refractivity contribution is 7.86. The largest absolute Gasteiger partial charge is 0.480 e. The fraction of sp³-hybridized carbons (Fsp3) is 0.500. The Labute approximate surface area is 196 Å². The number of primary amides is 1. The molecule has 1 aromatic carbocycles. The molecule has 16 heteroatoms. The second-order valence-electron chi connectivity index (χ2n) is 7.07. The number of amides is 2. The maximum Gasteiger partial charge on any atom is 0.326 e. The van der Waals surface area contributed by atoms with Crippen LogP contribution in [-0.4, -0.2) is 84.6 Å². The highest BCUT2D eigenvalue weighted by atomic mass is 32.2. The van der Waals surface area contributed by atoms with Crippen molar-refractivity contribution in [1.82, 2.24) is 5.32 Å². The van der Waals surface area contributed by atoms with Crippen molar-refractivity contribution in [3.8, 4) is 0 Å². The number of carboxylic acids is 1. The molecule has 192 valence electrons. The Hall–Kier alpha value is -2.82. The summed E-state index contributed by atoms with van der Waals surface area (Å²) in [6.45, 7) is -1.09. The summed E-state index contributed by atoms with van der Waals surface area (Å²) in [4.78, 5) is 35.7. The summed E-state index contributed by atoms with van der Waals surface area (Å²) in [5.74, 6) is -4.02. The summed E-state index contributed by atoms with van der Waals surface area (Å²) in [7, 11) is -7.56. The van der Waals surface area contributed by atoms with Gasteiger partial charge in [-0.3, -0.25) is 18.0 Å². The second-order valence-corrected chi connectivity index (χ2v) is 10.4. The topological polar surface area (TPSA) is 199 Å². The van der Waals surface area contributed by atoms with Gasteiger partial charge in [-0.2, -0.15) is 16.8 Å². The van der Waals surface area contributed by atoms with Gasteiger partial charge >= 0.3 is 5.97 Å². The number of benzene rings is 1. The van der Waals surface area contributed by atoms with Crippen LogP contribution >= 0.6 is 0 Å². The molecule has 13 nitrogen and oxygen atoms in total. The fourth-order valence-corrected chi connectivity index (χ4v) is 3.40. The number of halogens is 1. The number of carbonyl (C=O) groups is 3. The van der Waals surface area contributed by atoms with Crippen LogP contribution in [-0.2, 0) is 38.2 Å². The van der Waals surface area contributed by atoms with Crippen LogP contribution in [0.1, 0.15) is 23.2 Å². The molecule has 0 saturated carbocycles. The van der Waals surface area contributed by atoms with Gasteiger partial charge in [-0.25, -0.2) is 9.18 Å². The van der Waals surface area contributed by atoms with Crippen molar-refractivity contribution in [2.75, 3.05) is 43.7 Å². The van der Waals surface area contributed by atoms with Gasteiger partial charge < -0.3 is 21.1 Å². The van der Waals surface area contributed by atoms with Crippen LogP contribution in [0.25, 0.3) is 0 Å². The summed E-state index contributed by atoms with van der Waals surface area (Å²) in [5.41, 5.74) is 4.63. The molecule has 0 aliphatic rings. The van der Waals surface area contributed by atoms with E-state index >= 15 is 0 Å². The van der Waals surface area contributed by atoms with E-state index in [-0.39, 0.29) is 50.4 Å². The van der Waals surface area contributed by atoms with Crippen LogP contribution in [0, 0.1) is 5.82 Å². The van der Waals surface area contributed by atoms with Crippen LogP contribution in [0.15, 0.2) is 18.2 Å². The minimum atomic E-state index is -3.78. The van der Waals surface area contributed by atoms with Gasteiger partial charge in [-0.1, -0.05) is 0 Å². The lowest BCUT2D eigenvalue weighted by Gasteiger charge is -2.25. The number of rotatable bonds is 15. The highest BCUT2D eigenvalue weighted by Gasteiger charge is 2.22. The van der Waals surface area contributed by atoms with Gasteiger partial charge in [0.1, 0.15) is 11.9 Å². The predicted octanol–water partition coefficient (Wildman–Crippen LogP) is -0.967. The number of carbonyl (C=O) groups excluding carboxylic acids is 2. The molecule has 0 aliphatic carbocycles. The second kappa shape index (κ2) is 12.6. The number of nitrogens with zero attached hydrogens (tertiary/aromatic N) is 1. The first-order valence-corrected chi connectivity index (χ1v) is 13.3. The minimum Gasteiger partial charge on any atom is -0.480 e. The molecule has 0 aromatic heterocycles. The molecule has 0 radical (unpaired) electrons. The van der Waals surface area contributed by atoms with E-state index in [2.05, 4.69) is 13.7 Å². The van der Waals surface area contributed by atoms with Gasteiger partial charge in [-0.15, -0.1) is 0 Å². The highest BCUT2D eigenvalue weighted by Crippen LogP contribution is 2.21. The van der Waals surface area contributed by atoms with Crippen molar-refractivity contribution >= 4 is 43.7 Å². The number of nitrogens with one attached hydrogen (secondary N) is 1. The first-order valence-electron chi connectivity index (χ1n) is 9.64. The van der Waals surface area contributed by atoms with Crippen LogP contribution in [0.3, 0.4) is 0 Å². The van der Waals surface area contributed by atoms with Crippen molar-refractivity contribution in [1.29, 1.82) is 0 Å². The molecule has 0 saturated heterocycles. The van der Waals surface area contributed by atoms with Crippen LogP contribution in [0.5, 0.6) is 0 Å². The molecule has 1 rings (SSSR count). The third-order valence-electron chi connectivity index (χ3n) is 4.15. The van der Waals surface area contributed by atoms with Gasteiger partial charge in [0.25, 0.3) is 26.1 Å². The summed E-state index contributed by atoms with van der Waals surface area (Å²) in [6, 6.07) is 1.74. The molecule has 0 fully saturated rings. The smallest absolute Gasteiger partial charge is 0.326 e. The number of anilines is 1. The molecule has 1 aromatic rings. The zero-order chi connectivity index (χ0) is 26.1. The van der Waals surface area contributed by atoms with E-state index in [9.17, 15) is 40.7 Å². The van der Waals surface area contributed by atoms with Gasteiger partial charge in [0.2, 0.25) is 5.91 Å². The van der Waals surface area contributed by atoms with Crippen LogP contribution < -0.4 is 16.0 Å². The summed E-state index contributed by atoms with van der Waals surface area (Å²) < 4.78 is 68.8. The van der Waals surface area contributed by atoms with Crippen molar-refractivity contribution in [3.63, 3.8) is 0 Å². The molecule has 4 N–H and O–H groups in total. The van der Waals surface area contributed by atoms with Crippen LogP contribution in [0.2, 0.25) is 0 Å². The SMILES string of the molecule is CS(=O)(=O)OCCN(CCOS(C)(=O)=O)c1ccc(C(=O)N[C@@H](CCC(N)=O)C(=O)O)cc1F. The molecule has 0 aliphatic heterocycles. The lowest BCUT2D eigenvalue weighted by Crippen LogP contribution is -2.41. The Morgan fingerprint density at radius 1 is 1.09 bits per heavy atom. The van der Waals surface area contributed by atoms with Crippen molar-refractivity contribution in [2.24, 2.45) is 5.73 Å². The summed E-state index contributed by atoms with van der Waals surface area (Å²) in [5, 5.41) is 11.3. The van der Waals surface area contributed by atoms with Gasteiger partial charge in [0.15, 0.2) is 0 Å². The normalized spacial score (nSPS) is 12.7. The molecule has 1 atom stereocenters. The number of hydrogen-bond acceptors (Lipinski definition) is 10.